The van der Waals surface area contributed by atoms with Gasteiger partial charge in [0, 0.05) is 12.7 Å². The second kappa shape index (κ2) is 5.27. The van der Waals surface area contributed by atoms with Gasteiger partial charge in [-0.2, -0.15) is 0 Å². The van der Waals surface area contributed by atoms with Gasteiger partial charge >= 0.3 is 5.97 Å². The first kappa shape index (κ1) is 14.1. The average Bonchev–Trinajstić information content (AvgIpc) is 3.11. The second-order valence-electron chi connectivity index (χ2n) is 5.24. The lowest BCUT2D eigenvalue weighted by molar-refractivity contribution is 0.0601. The Morgan fingerprint density at radius 2 is 2.22 bits per heavy atom. The molecule has 3 heterocycles. The third-order valence-corrected chi connectivity index (χ3v) is 5.52. The van der Waals surface area contributed by atoms with Crippen molar-refractivity contribution in [1.29, 1.82) is 0 Å². The number of hydrogen-bond acceptors (Lipinski definition) is 5. The number of benzene rings is 1. The largest absolute Gasteiger partial charge is 0.465 e. The van der Waals surface area contributed by atoms with Gasteiger partial charge in [0.1, 0.15) is 16.0 Å². The maximum atomic E-state index is 12.7. The van der Waals surface area contributed by atoms with Crippen molar-refractivity contribution in [3.8, 4) is 0 Å². The molecule has 2 unspecified atom stereocenters. The van der Waals surface area contributed by atoms with Crippen LogP contribution in [0.4, 0.5) is 0 Å². The summed E-state index contributed by atoms with van der Waals surface area (Å²) < 4.78 is 19.4. The van der Waals surface area contributed by atoms with E-state index in [4.69, 9.17) is 4.74 Å². The van der Waals surface area contributed by atoms with E-state index < -0.39 is 16.8 Å². The second-order valence-corrected chi connectivity index (χ2v) is 6.77. The highest BCUT2D eigenvalue weighted by molar-refractivity contribution is 7.85. The van der Waals surface area contributed by atoms with Crippen molar-refractivity contribution in [3.05, 3.63) is 53.9 Å². The average molecular weight is 327 g/mol. The van der Waals surface area contributed by atoms with Crippen molar-refractivity contribution < 1.29 is 13.7 Å². The van der Waals surface area contributed by atoms with Crippen LogP contribution < -0.4 is 0 Å². The molecule has 0 saturated carbocycles. The quantitative estimate of drug-likeness (QED) is 0.674. The molecule has 0 radical (unpaired) electrons. The van der Waals surface area contributed by atoms with E-state index in [1.807, 2.05) is 28.8 Å². The third-order valence-electron chi connectivity index (χ3n) is 3.94. The maximum Gasteiger partial charge on any atom is 0.337 e. The number of carbonyl (C=O) groups is 1. The van der Waals surface area contributed by atoms with Crippen molar-refractivity contribution >= 4 is 27.8 Å². The predicted molar refractivity (Wildman–Crippen MR) is 84.5 cm³/mol. The molecule has 0 amide bonds. The molecular formula is C16H13N3O3S. The number of nitrogens with zero attached hydrogens (tertiary/aromatic N) is 3. The highest BCUT2D eigenvalue weighted by Gasteiger charge is 2.34. The molecule has 0 aliphatic carbocycles. The van der Waals surface area contributed by atoms with E-state index in [0.29, 0.717) is 22.8 Å². The Kier molecular flexibility index (Phi) is 3.23. The zero-order valence-electron chi connectivity index (χ0n) is 12.3. The van der Waals surface area contributed by atoms with Crippen molar-refractivity contribution in [3.63, 3.8) is 0 Å². The number of pyridine rings is 1. The van der Waals surface area contributed by atoms with E-state index in [2.05, 4.69) is 9.97 Å². The van der Waals surface area contributed by atoms with Crippen molar-refractivity contribution in [2.75, 3.05) is 7.11 Å². The number of esters is 1. The smallest absolute Gasteiger partial charge is 0.337 e. The topological polar surface area (TPSA) is 74.1 Å². The van der Waals surface area contributed by atoms with E-state index in [1.54, 1.807) is 18.3 Å². The van der Waals surface area contributed by atoms with Crippen LogP contribution in [-0.4, -0.2) is 31.8 Å². The van der Waals surface area contributed by atoms with Gasteiger partial charge in [-0.15, -0.1) is 0 Å². The highest BCUT2D eigenvalue weighted by Crippen LogP contribution is 2.35. The first-order valence-electron chi connectivity index (χ1n) is 7.09. The third kappa shape index (κ3) is 2.16. The van der Waals surface area contributed by atoms with E-state index in [-0.39, 0.29) is 5.25 Å². The van der Waals surface area contributed by atoms with Gasteiger partial charge in [0.15, 0.2) is 0 Å². The summed E-state index contributed by atoms with van der Waals surface area (Å²) in [5, 5.41) is 0.334. The van der Waals surface area contributed by atoms with E-state index in [0.717, 1.165) is 11.2 Å². The van der Waals surface area contributed by atoms with Crippen LogP contribution in [0.2, 0.25) is 0 Å². The van der Waals surface area contributed by atoms with Crippen LogP contribution in [0.25, 0.3) is 11.0 Å². The fourth-order valence-electron chi connectivity index (χ4n) is 2.81. The Morgan fingerprint density at radius 1 is 1.35 bits per heavy atom. The SMILES string of the molecule is COC(=O)c1ccc2c(c1)nc1n2CC(c2ccccn2)S1=O. The lowest BCUT2D eigenvalue weighted by Gasteiger charge is -2.07. The van der Waals surface area contributed by atoms with Gasteiger partial charge < -0.3 is 9.30 Å². The van der Waals surface area contributed by atoms with Crippen LogP contribution in [0.15, 0.2) is 47.8 Å². The van der Waals surface area contributed by atoms with Crippen LogP contribution >= 0.6 is 0 Å². The van der Waals surface area contributed by atoms with Gasteiger partial charge in [-0.05, 0) is 30.3 Å². The standard InChI is InChI=1S/C16H13N3O3S/c1-22-15(20)10-5-6-13-12(8-10)18-16-19(13)9-14(23(16)21)11-4-2-3-7-17-11/h2-8,14H,9H2,1H3. The molecule has 0 saturated heterocycles. The molecule has 23 heavy (non-hydrogen) atoms. The van der Waals surface area contributed by atoms with Crippen LogP contribution in [-0.2, 0) is 22.1 Å². The Bertz CT molecular complexity index is 936. The molecule has 1 aliphatic rings. The molecule has 2 aromatic heterocycles. The molecule has 3 aromatic rings. The number of aromatic nitrogens is 3. The Balaban J connectivity index is 1.77. The van der Waals surface area contributed by atoms with E-state index in [9.17, 15) is 9.00 Å². The van der Waals surface area contributed by atoms with Crippen molar-refractivity contribution in [2.45, 2.75) is 17.0 Å². The minimum Gasteiger partial charge on any atom is -0.465 e. The van der Waals surface area contributed by atoms with E-state index in [1.165, 1.54) is 7.11 Å². The summed E-state index contributed by atoms with van der Waals surface area (Å²) in [5.41, 5.74) is 2.75. The first-order chi connectivity index (χ1) is 11.2. The van der Waals surface area contributed by atoms with Gasteiger partial charge in [0.05, 0.1) is 29.4 Å². The van der Waals surface area contributed by atoms with Gasteiger partial charge in [-0.25, -0.2) is 9.78 Å². The molecular weight excluding hydrogens is 314 g/mol. The van der Waals surface area contributed by atoms with Gasteiger partial charge in [-0.3, -0.25) is 9.19 Å². The molecule has 0 bridgehead atoms. The molecule has 116 valence electrons. The zero-order chi connectivity index (χ0) is 16.0. The summed E-state index contributed by atoms with van der Waals surface area (Å²) in [7, 11) is 0.0744. The van der Waals surface area contributed by atoms with Crippen molar-refractivity contribution in [2.24, 2.45) is 0 Å². The monoisotopic (exact) mass is 327 g/mol. The molecule has 2 atom stereocenters. The number of hydrogen-bond donors (Lipinski definition) is 0. The molecule has 0 fully saturated rings. The number of fused-ring (bicyclic) bond motifs is 3. The van der Waals surface area contributed by atoms with E-state index >= 15 is 0 Å². The molecule has 4 rings (SSSR count). The lowest BCUT2D eigenvalue weighted by atomic mass is 10.2. The number of methoxy groups -OCH3 is 1. The molecule has 0 spiro atoms. The Hall–Kier alpha value is -2.54. The summed E-state index contributed by atoms with van der Waals surface area (Å²) in [4.78, 5) is 20.4. The van der Waals surface area contributed by atoms with Gasteiger partial charge in [-0.1, -0.05) is 6.07 Å². The van der Waals surface area contributed by atoms with Crippen LogP contribution in [0.1, 0.15) is 21.3 Å². The van der Waals surface area contributed by atoms with Crippen LogP contribution in [0.5, 0.6) is 0 Å². The van der Waals surface area contributed by atoms with Gasteiger partial charge in [0.25, 0.3) is 0 Å². The molecule has 1 aliphatic heterocycles. The lowest BCUT2D eigenvalue weighted by Crippen LogP contribution is -2.06. The first-order valence-corrected chi connectivity index (χ1v) is 8.30. The van der Waals surface area contributed by atoms with Crippen molar-refractivity contribution in [1.82, 2.24) is 14.5 Å². The summed E-state index contributed by atoms with van der Waals surface area (Å²) in [6.07, 6.45) is 1.70. The fourth-order valence-corrected chi connectivity index (χ4v) is 4.29. The number of imidazole rings is 1. The molecule has 1 aromatic carbocycles. The number of carbonyl (C=O) groups excluding carboxylic acids is 1. The fraction of sp³-hybridized carbons (Fsp3) is 0.188. The Labute approximate surface area is 134 Å². The summed E-state index contributed by atoms with van der Waals surface area (Å²) in [5.74, 6) is -0.410. The number of ether oxygens (including phenoxy) is 1. The summed E-state index contributed by atoms with van der Waals surface area (Å²) >= 11 is 0. The maximum absolute atomic E-state index is 12.7. The molecule has 0 N–H and O–H groups in total. The zero-order valence-corrected chi connectivity index (χ0v) is 13.1. The summed E-state index contributed by atoms with van der Waals surface area (Å²) in [6.45, 7) is 0.563. The normalized spacial score (nSPS) is 19.7. The Morgan fingerprint density at radius 3 is 2.96 bits per heavy atom. The van der Waals surface area contributed by atoms with Gasteiger partial charge in [0.2, 0.25) is 5.16 Å². The number of rotatable bonds is 2. The minimum absolute atomic E-state index is 0.191. The van der Waals surface area contributed by atoms with Crippen LogP contribution in [0.3, 0.4) is 0 Å². The van der Waals surface area contributed by atoms with Crippen LogP contribution in [0, 0.1) is 0 Å². The predicted octanol–water partition coefficient (Wildman–Crippen LogP) is 2.08. The molecule has 6 nitrogen and oxygen atoms in total. The molecule has 7 heteroatoms. The minimum atomic E-state index is -1.27. The summed E-state index contributed by atoms with van der Waals surface area (Å²) in [6, 6.07) is 10.8. The highest BCUT2D eigenvalue weighted by atomic mass is 32.2.